The largest absolute Gasteiger partial charge is 0.450 e. The second kappa shape index (κ2) is 12.3. The average Bonchev–Trinajstić information content (AvgIpc) is 3.22. The number of alkyl carbamates (subject to hydrolysis) is 1. The van der Waals surface area contributed by atoms with Crippen LogP contribution in [0.4, 0.5) is 4.79 Å². The minimum absolute atomic E-state index is 0.201. The molecule has 0 spiro atoms. The van der Waals surface area contributed by atoms with Gasteiger partial charge in [-0.3, -0.25) is 4.90 Å². The van der Waals surface area contributed by atoms with Crippen molar-refractivity contribution < 1.29 is 14.3 Å². The van der Waals surface area contributed by atoms with Gasteiger partial charge in [0.05, 0.1) is 11.5 Å². The minimum Gasteiger partial charge on any atom is -0.450 e. The summed E-state index contributed by atoms with van der Waals surface area (Å²) in [5.74, 6) is 0.788. The summed E-state index contributed by atoms with van der Waals surface area (Å²) >= 11 is 1.52. The zero-order valence-electron chi connectivity index (χ0n) is 18.3. The molecule has 1 aliphatic heterocycles. The summed E-state index contributed by atoms with van der Waals surface area (Å²) in [5, 5.41) is 3.61. The third kappa shape index (κ3) is 7.84. The fourth-order valence-corrected chi connectivity index (χ4v) is 4.01. The monoisotopic (exact) mass is 441 g/mol. The van der Waals surface area contributed by atoms with E-state index in [9.17, 15) is 4.79 Å². The van der Waals surface area contributed by atoms with E-state index in [1.807, 2.05) is 56.5 Å². The maximum Gasteiger partial charge on any atom is 0.407 e. The van der Waals surface area contributed by atoms with E-state index < -0.39 is 0 Å². The number of allylic oxidation sites excluding steroid dienone is 3. The number of carbonyl (C=O) groups excluding carboxylic acids is 1. The number of hydrogen-bond acceptors (Lipinski definition) is 6. The molecule has 7 heteroatoms. The number of carbonyl (C=O) groups is 1. The van der Waals surface area contributed by atoms with E-state index in [4.69, 9.17) is 9.47 Å². The molecule has 0 saturated carbocycles. The van der Waals surface area contributed by atoms with Crippen molar-refractivity contribution in [1.29, 1.82) is 0 Å². The van der Waals surface area contributed by atoms with E-state index in [-0.39, 0.29) is 12.1 Å². The zero-order valence-corrected chi connectivity index (χ0v) is 19.1. The first-order valence-corrected chi connectivity index (χ1v) is 11.7. The van der Waals surface area contributed by atoms with Crippen molar-refractivity contribution in [3.63, 3.8) is 0 Å². The van der Waals surface area contributed by atoms with Gasteiger partial charge in [-0.25, -0.2) is 9.78 Å². The Bertz CT molecular complexity index is 868. The number of nitrogens with one attached hydrogen (secondary N) is 1. The van der Waals surface area contributed by atoms with Gasteiger partial charge in [-0.15, -0.1) is 0 Å². The Kier molecular flexibility index (Phi) is 9.12. The highest BCUT2D eigenvalue weighted by atomic mass is 32.1. The first-order chi connectivity index (χ1) is 15.2. The second-order valence-electron chi connectivity index (χ2n) is 7.49. The zero-order chi connectivity index (χ0) is 21.9. The van der Waals surface area contributed by atoms with Crippen LogP contribution in [0.5, 0.6) is 10.9 Å². The Morgan fingerprint density at radius 1 is 1.26 bits per heavy atom. The summed E-state index contributed by atoms with van der Waals surface area (Å²) in [6.45, 7) is 7.26. The molecule has 0 bridgehead atoms. The lowest BCUT2D eigenvalue weighted by atomic mass is 10.0. The molecule has 1 N–H and O–H groups in total. The maximum absolute atomic E-state index is 11.7. The van der Waals surface area contributed by atoms with E-state index in [0.29, 0.717) is 11.8 Å². The molecular weight excluding hydrogens is 410 g/mol. The van der Waals surface area contributed by atoms with Crippen molar-refractivity contribution in [2.24, 2.45) is 0 Å². The van der Waals surface area contributed by atoms with E-state index >= 15 is 0 Å². The summed E-state index contributed by atoms with van der Waals surface area (Å²) in [6.07, 6.45) is 12.2. The van der Waals surface area contributed by atoms with Crippen molar-refractivity contribution >= 4 is 23.5 Å². The van der Waals surface area contributed by atoms with Crippen molar-refractivity contribution in [3.8, 4) is 10.9 Å². The number of hydrogen-bond donors (Lipinski definition) is 1. The molecule has 1 saturated heterocycles. The van der Waals surface area contributed by atoms with Gasteiger partial charge >= 0.3 is 6.09 Å². The number of likely N-dealkylation sites (tertiary alicyclic amines) is 1. The fourth-order valence-electron chi connectivity index (χ4n) is 3.32. The molecule has 1 aromatic heterocycles. The highest BCUT2D eigenvalue weighted by Crippen LogP contribution is 2.27. The Hall–Kier alpha value is -2.64. The first-order valence-electron chi connectivity index (χ1n) is 10.8. The Morgan fingerprint density at radius 3 is 2.74 bits per heavy atom. The molecule has 1 aliphatic rings. The molecule has 31 heavy (non-hydrogen) atoms. The first kappa shape index (κ1) is 23.0. The summed E-state index contributed by atoms with van der Waals surface area (Å²) < 4.78 is 11.0. The van der Waals surface area contributed by atoms with Crippen molar-refractivity contribution in [3.05, 3.63) is 59.1 Å². The van der Waals surface area contributed by atoms with Gasteiger partial charge < -0.3 is 14.8 Å². The topological polar surface area (TPSA) is 63.7 Å². The molecule has 2 aromatic rings. The highest BCUT2D eigenvalue weighted by Gasteiger charge is 2.21. The van der Waals surface area contributed by atoms with Crippen LogP contribution in [0.25, 0.3) is 6.08 Å². The van der Waals surface area contributed by atoms with Crippen molar-refractivity contribution in [1.82, 2.24) is 15.2 Å². The summed E-state index contributed by atoms with van der Waals surface area (Å²) in [7, 11) is 0. The van der Waals surface area contributed by atoms with Crippen LogP contribution < -0.4 is 10.1 Å². The van der Waals surface area contributed by atoms with E-state index in [1.165, 1.54) is 16.9 Å². The smallest absolute Gasteiger partial charge is 0.407 e. The standard InChI is InChI=1S/C24H31N3O3S/c1-3-5-6-7-22-17-25-24(31-22)30-21-10-8-19(9-11-21)18-27-14-12-20(13-15-27)26-23(28)29-16-4-2/h3,5-11,17,20H,4,12-16,18H2,1-2H3,(H,26,28)/b5-3-,7-6-. The third-order valence-corrected chi connectivity index (χ3v) is 5.79. The van der Waals surface area contributed by atoms with Gasteiger partial charge in [0.1, 0.15) is 5.75 Å². The number of piperidine rings is 1. The van der Waals surface area contributed by atoms with Gasteiger partial charge in [0.25, 0.3) is 5.19 Å². The lowest BCUT2D eigenvalue weighted by Crippen LogP contribution is -2.44. The van der Waals surface area contributed by atoms with E-state index in [0.717, 1.165) is 49.5 Å². The number of rotatable bonds is 9. The number of nitrogens with zero attached hydrogens (tertiary/aromatic N) is 2. The van der Waals surface area contributed by atoms with Gasteiger partial charge in [-0.05, 0) is 50.0 Å². The minimum atomic E-state index is -0.294. The lowest BCUT2D eigenvalue weighted by Gasteiger charge is -2.32. The van der Waals surface area contributed by atoms with Gasteiger partial charge in [0.2, 0.25) is 0 Å². The molecular formula is C24H31N3O3S. The molecule has 1 fully saturated rings. The molecule has 3 rings (SSSR count). The number of thiazole rings is 1. The number of ether oxygens (including phenoxy) is 2. The SMILES string of the molecule is C/C=C\C=C/c1cnc(Oc2ccc(CN3CCC(NC(=O)OCCC)CC3)cc2)s1. The Balaban J connectivity index is 1.42. The third-order valence-electron chi connectivity index (χ3n) is 4.95. The Labute approximate surface area is 188 Å². The molecule has 0 aliphatic carbocycles. The molecule has 6 nitrogen and oxygen atoms in total. The van der Waals surface area contributed by atoms with Crippen LogP contribution in [0.2, 0.25) is 0 Å². The van der Waals surface area contributed by atoms with Crippen LogP contribution in [0.15, 0.2) is 48.7 Å². The van der Waals surface area contributed by atoms with Crippen LogP contribution in [0, 0.1) is 0 Å². The quantitative estimate of drug-likeness (QED) is 0.511. The van der Waals surface area contributed by atoms with Gasteiger partial charge in [-0.2, -0.15) is 0 Å². The molecule has 0 unspecified atom stereocenters. The molecule has 1 aromatic carbocycles. The Morgan fingerprint density at radius 2 is 2.03 bits per heavy atom. The summed E-state index contributed by atoms with van der Waals surface area (Å²) in [4.78, 5) is 19.5. The maximum atomic E-state index is 11.7. The highest BCUT2D eigenvalue weighted by molar-refractivity contribution is 7.14. The van der Waals surface area contributed by atoms with Gasteiger partial charge in [0, 0.05) is 31.9 Å². The van der Waals surface area contributed by atoms with Crippen LogP contribution in [0.1, 0.15) is 43.6 Å². The normalized spacial score (nSPS) is 15.5. The number of benzene rings is 1. The van der Waals surface area contributed by atoms with E-state index in [2.05, 4.69) is 27.3 Å². The number of aromatic nitrogens is 1. The van der Waals surface area contributed by atoms with Crippen molar-refractivity contribution in [2.75, 3.05) is 19.7 Å². The van der Waals surface area contributed by atoms with Gasteiger partial charge in [-0.1, -0.05) is 48.6 Å². The van der Waals surface area contributed by atoms with E-state index in [1.54, 1.807) is 0 Å². The van der Waals surface area contributed by atoms with Gasteiger partial charge in [0.15, 0.2) is 0 Å². The second-order valence-corrected chi connectivity index (χ2v) is 8.51. The summed E-state index contributed by atoms with van der Waals surface area (Å²) in [6, 6.07) is 8.38. The van der Waals surface area contributed by atoms with Crippen molar-refractivity contribution in [2.45, 2.75) is 45.7 Å². The molecule has 1 amide bonds. The predicted molar refractivity (Wildman–Crippen MR) is 126 cm³/mol. The molecule has 2 heterocycles. The summed E-state index contributed by atoms with van der Waals surface area (Å²) in [5.41, 5.74) is 1.25. The van der Waals surface area contributed by atoms with Crippen LogP contribution in [-0.4, -0.2) is 41.7 Å². The molecule has 0 radical (unpaired) electrons. The average molecular weight is 442 g/mol. The van der Waals surface area contributed by atoms with Crippen LogP contribution >= 0.6 is 11.3 Å². The van der Waals surface area contributed by atoms with Crippen LogP contribution in [0.3, 0.4) is 0 Å². The molecule has 0 atom stereocenters. The van der Waals surface area contributed by atoms with Crippen LogP contribution in [-0.2, 0) is 11.3 Å². The lowest BCUT2D eigenvalue weighted by molar-refractivity contribution is 0.131. The number of amides is 1. The fraction of sp³-hybridized carbons (Fsp3) is 0.417. The predicted octanol–water partition coefficient (Wildman–Crippen LogP) is 5.63. The molecule has 166 valence electrons.